The van der Waals surface area contributed by atoms with Crippen molar-refractivity contribution in [3.8, 4) is 0 Å². The van der Waals surface area contributed by atoms with Crippen LogP contribution in [0.5, 0.6) is 0 Å². The molecule has 0 atom stereocenters. The summed E-state index contributed by atoms with van der Waals surface area (Å²) in [5.41, 5.74) is 2.39. The van der Waals surface area contributed by atoms with E-state index in [1.807, 2.05) is 0 Å². The number of aromatic nitrogens is 1. The Bertz CT molecular complexity index is 574. The number of hydrogen-bond donors (Lipinski definition) is 0. The first-order chi connectivity index (χ1) is 8.75. The molecule has 0 radical (unpaired) electrons. The quantitative estimate of drug-likeness (QED) is 0.781. The average molecular weight is 305 g/mol. The number of fused-ring (bicyclic) bond motifs is 1. The highest BCUT2D eigenvalue weighted by atomic mass is 79.9. The van der Waals surface area contributed by atoms with E-state index in [-0.39, 0.29) is 0 Å². The standard InChI is InChI=1S/C15H17BrN2/c1-11-10-14(18-8-3-2-4-9-18)17-15-12(11)6-5-7-13(15)16/h5-7,10H,2-4,8-9H2,1H3. The Kier molecular flexibility index (Phi) is 3.25. The number of rotatable bonds is 1. The van der Waals surface area contributed by atoms with Gasteiger partial charge in [0.1, 0.15) is 5.82 Å². The summed E-state index contributed by atoms with van der Waals surface area (Å²) in [5, 5.41) is 1.24. The summed E-state index contributed by atoms with van der Waals surface area (Å²) in [6.07, 6.45) is 3.93. The predicted molar refractivity (Wildman–Crippen MR) is 80.2 cm³/mol. The molecular formula is C15H17BrN2. The molecule has 3 rings (SSSR count). The maximum atomic E-state index is 4.84. The van der Waals surface area contributed by atoms with Gasteiger partial charge in [0.05, 0.1) is 5.52 Å². The zero-order valence-corrected chi connectivity index (χ0v) is 12.2. The molecule has 1 aliphatic rings. The number of para-hydroxylation sites is 1. The van der Waals surface area contributed by atoms with Crippen LogP contribution in [-0.2, 0) is 0 Å². The Morgan fingerprint density at radius 2 is 1.94 bits per heavy atom. The SMILES string of the molecule is Cc1cc(N2CCCCC2)nc2c(Br)cccc12. The zero-order chi connectivity index (χ0) is 12.5. The smallest absolute Gasteiger partial charge is 0.129 e. The lowest BCUT2D eigenvalue weighted by Crippen LogP contribution is -2.30. The molecule has 2 heterocycles. The Balaban J connectivity index is 2.11. The second-order valence-corrected chi connectivity index (χ2v) is 5.84. The van der Waals surface area contributed by atoms with Gasteiger partial charge in [-0.1, -0.05) is 12.1 Å². The second-order valence-electron chi connectivity index (χ2n) is 4.98. The topological polar surface area (TPSA) is 16.1 Å². The Morgan fingerprint density at radius 3 is 2.72 bits per heavy atom. The molecule has 3 heteroatoms. The number of benzene rings is 1. The van der Waals surface area contributed by atoms with Crippen LogP contribution in [0.1, 0.15) is 24.8 Å². The molecular weight excluding hydrogens is 288 g/mol. The summed E-state index contributed by atoms with van der Waals surface area (Å²) in [6.45, 7) is 4.45. The van der Waals surface area contributed by atoms with Crippen LogP contribution in [0.4, 0.5) is 5.82 Å². The fraction of sp³-hybridized carbons (Fsp3) is 0.400. The average Bonchev–Trinajstić information content (AvgIpc) is 2.41. The molecule has 1 fully saturated rings. The van der Waals surface area contributed by atoms with Crippen molar-refractivity contribution in [2.24, 2.45) is 0 Å². The molecule has 0 saturated carbocycles. The van der Waals surface area contributed by atoms with Crippen molar-refractivity contribution in [2.45, 2.75) is 26.2 Å². The summed E-state index contributed by atoms with van der Waals surface area (Å²) >= 11 is 3.61. The van der Waals surface area contributed by atoms with Gasteiger partial charge in [0.25, 0.3) is 0 Å². The molecule has 1 saturated heterocycles. The lowest BCUT2D eigenvalue weighted by atomic mass is 10.1. The van der Waals surface area contributed by atoms with Crippen molar-refractivity contribution in [3.05, 3.63) is 34.3 Å². The summed E-state index contributed by atoms with van der Waals surface area (Å²) in [7, 11) is 0. The molecule has 0 spiro atoms. The van der Waals surface area contributed by atoms with E-state index in [9.17, 15) is 0 Å². The van der Waals surface area contributed by atoms with E-state index in [2.05, 4.69) is 52.0 Å². The molecule has 1 aromatic heterocycles. The van der Waals surface area contributed by atoms with Crippen molar-refractivity contribution in [1.29, 1.82) is 0 Å². The van der Waals surface area contributed by atoms with Crippen LogP contribution in [0.3, 0.4) is 0 Å². The van der Waals surface area contributed by atoms with Gasteiger partial charge < -0.3 is 4.90 Å². The summed E-state index contributed by atoms with van der Waals surface area (Å²) in [5.74, 6) is 1.13. The second kappa shape index (κ2) is 4.88. The molecule has 0 N–H and O–H groups in total. The number of nitrogens with zero attached hydrogens (tertiary/aromatic N) is 2. The lowest BCUT2D eigenvalue weighted by Gasteiger charge is -2.28. The van der Waals surface area contributed by atoms with Crippen LogP contribution in [0, 0.1) is 6.92 Å². The van der Waals surface area contributed by atoms with Gasteiger partial charge in [-0.2, -0.15) is 0 Å². The maximum absolute atomic E-state index is 4.84. The summed E-state index contributed by atoms with van der Waals surface area (Å²) < 4.78 is 1.09. The third kappa shape index (κ3) is 2.12. The first-order valence-electron chi connectivity index (χ1n) is 6.56. The summed E-state index contributed by atoms with van der Waals surface area (Å²) in [4.78, 5) is 7.25. The van der Waals surface area contributed by atoms with E-state index in [1.165, 1.54) is 30.2 Å². The monoisotopic (exact) mass is 304 g/mol. The number of anilines is 1. The van der Waals surface area contributed by atoms with Crippen LogP contribution >= 0.6 is 15.9 Å². The first-order valence-corrected chi connectivity index (χ1v) is 7.36. The van der Waals surface area contributed by atoms with Crippen LogP contribution in [0.25, 0.3) is 10.9 Å². The highest BCUT2D eigenvalue weighted by molar-refractivity contribution is 9.10. The van der Waals surface area contributed by atoms with Crippen LogP contribution < -0.4 is 4.90 Å². The molecule has 94 valence electrons. The summed E-state index contributed by atoms with van der Waals surface area (Å²) in [6, 6.07) is 8.50. The minimum absolute atomic E-state index is 1.08. The third-order valence-electron chi connectivity index (χ3n) is 3.66. The van der Waals surface area contributed by atoms with Gasteiger partial charge in [-0.3, -0.25) is 0 Å². The van der Waals surface area contributed by atoms with Gasteiger partial charge in [-0.05, 0) is 59.8 Å². The molecule has 1 aromatic carbocycles. The fourth-order valence-electron chi connectivity index (χ4n) is 2.65. The zero-order valence-electron chi connectivity index (χ0n) is 10.6. The minimum atomic E-state index is 1.08. The Morgan fingerprint density at radius 1 is 1.17 bits per heavy atom. The number of halogens is 1. The lowest BCUT2D eigenvalue weighted by molar-refractivity contribution is 0.574. The van der Waals surface area contributed by atoms with Gasteiger partial charge in [0.2, 0.25) is 0 Å². The number of hydrogen-bond acceptors (Lipinski definition) is 2. The van der Waals surface area contributed by atoms with E-state index in [0.29, 0.717) is 0 Å². The molecule has 0 bridgehead atoms. The predicted octanol–water partition coefficient (Wildman–Crippen LogP) is 4.30. The van der Waals surface area contributed by atoms with E-state index in [4.69, 9.17) is 4.98 Å². The molecule has 18 heavy (non-hydrogen) atoms. The van der Waals surface area contributed by atoms with Crippen molar-refractivity contribution in [3.63, 3.8) is 0 Å². The van der Waals surface area contributed by atoms with Gasteiger partial charge in [-0.15, -0.1) is 0 Å². The normalized spacial score (nSPS) is 16.2. The van der Waals surface area contributed by atoms with Gasteiger partial charge in [-0.25, -0.2) is 4.98 Å². The molecule has 2 aromatic rings. The van der Waals surface area contributed by atoms with Crippen molar-refractivity contribution >= 4 is 32.7 Å². The Hall–Kier alpha value is -1.09. The maximum Gasteiger partial charge on any atom is 0.129 e. The van der Waals surface area contributed by atoms with Gasteiger partial charge in [0.15, 0.2) is 0 Å². The molecule has 1 aliphatic heterocycles. The minimum Gasteiger partial charge on any atom is -0.357 e. The van der Waals surface area contributed by atoms with E-state index in [0.717, 1.165) is 28.9 Å². The van der Waals surface area contributed by atoms with Crippen LogP contribution in [-0.4, -0.2) is 18.1 Å². The van der Waals surface area contributed by atoms with E-state index < -0.39 is 0 Å². The van der Waals surface area contributed by atoms with Gasteiger partial charge >= 0.3 is 0 Å². The number of pyridine rings is 1. The van der Waals surface area contributed by atoms with Crippen LogP contribution in [0.2, 0.25) is 0 Å². The highest BCUT2D eigenvalue weighted by Crippen LogP contribution is 2.28. The van der Waals surface area contributed by atoms with E-state index >= 15 is 0 Å². The largest absolute Gasteiger partial charge is 0.357 e. The van der Waals surface area contributed by atoms with Gasteiger partial charge in [0, 0.05) is 22.9 Å². The molecule has 0 amide bonds. The molecule has 0 aliphatic carbocycles. The van der Waals surface area contributed by atoms with Crippen molar-refractivity contribution in [1.82, 2.24) is 4.98 Å². The molecule has 0 unspecified atom stereocenters. The van der Waals surface area contributed by atoms with Crippen molar-refractivity contribution in [2.75, 3.05) is 18.0 Å². The number of aryl methyl sites for hydroxylation is 1. The number of piperidine rings is 1. The highest BCUT2D eigenvalue weighted by Gasteiger charge is 2.14. The Labute approximate surface area is 116 Å². The van der Waals surface area contributed by atoms with Crippen molar-refractivity contribution < 1.29 is 0 Å². The molecule has 2 nitrogen and oxygen atoms in total. The fourth-order valence-corrected chi connectivity index (χ4v) is 3.11. The van der Waals surface area contributed by atoms with Crippen LogP contribution in [0.15, 0.2) is 28.7 Å². The van der Waals surface area contributed by atoms with E-state index in [1.54, 1.807) is 0 Å². The first kappa shape index (κ1) is 12.0. The third-order valence-corrected chi connectivity index (χ3v) is 4.30.